The molecular weight excluding hydrogens is 448 g/mol. The molecule has 0 saturated heterocycles. The Kier molecular flexibility index (Phi) is 5.76. The van der Waals surface area contributed by atoms with Crippen molar-refractivity contribution in [2.45, 2.75) is 20.4 Å². The van der Waals surface area contributed by atoms with Gasteiger partial charge in [-0.05, 0) is 31.5 Å². The highest BCUT2D eigenvalue weighted by Crippen LogP contribution is 2.32. The monoisotopic (exact) mass is 466 g/mol. The summed E-state index contributed by atoms with van der Waals surface area (Å²) in [5.41, 5.74) is 3.89. The molecule has 0 bridgehead atoms. The van der Waals surface area contributed by atoms with E-state index in [0.717, 1.165) is 21.2 Å². The van der Waals surface area contributed by atoms with Crippen molar-refractivity contribution in [2.75, 3.05) is 11.9 Å². The van der Waals surface area contributed by atoms with Gasteiger partial charge in [0.25, 0.3) is 5.71 Å². The number of hydrogen-bond donors (Lipinski definition) is 1. The number of carbonyl (C=O) groups is 1. The Hall–Kier alpha value is -3.26. The number of anilines is 1. The average molecular weight is 467 g/mol. The van der Waals surface area contributed by atoms with Crippen LogP contribution < -0.4 is 5.32 Å². The highest BCUT2D eigenvalue weighted by molar-refractivity contribution is 9.10. The molecule has 7 nitrogen and oxygen atoms in total. The summed E-state index contributed by atoms with van der Waals surface area (Å²) in [4.78, 5) is 20.9. The summed E-state index contributed by atoms with van der Waals surface area (Å²) in [5, 5.41) is 8.10. The number of carbonyl (C=O) groups excluding carboxylic acids is 1. The molecule has 2 aromatic heterocycles. The third-order valence-corrected chi connectivity index (χ3v) is 4.96. The van der Waals surface area contributed by atoms with Gasteiger partial charge in [-0.25, -0.2) is 9.78 Å². The lowest BCUT2D eigenvalue weighted by molar-refractivity contribution is 0.0512. The second-order valence-electron chi connectivity index (χ2n) is 6.68. The third kappa shape index (κ3) is 4.18. The second kappa shape index (κ2) is 8.62. The van der Waals surface area contributed by atoms with Gasteiger partial charge in [-0.3, -0.25) is 0 Å². The standard InChI is InChI=1S/C22H19BrN4O3/c1-3-29-22(28)20-25-19(24-12-14-5-4-6-16(23)11-14)17-18(27-30-21(17)26-20)15-9-7-13(2)8-10-15/h4-11H,3,12H2,1-2H3,(H,24,25,26). The molecule has 0 aliphatic rings. The van der Waals surface area contributed by atoms with Gasteiger partial charge in [-0.2, -0.15) is 4.98 Å². The van der Waals surface area contributed by atoms with Gasteiger partial charge in [0, 0.05) is 16.6 Å². The molecule has 8 heteroatoms. The van der Waals surface area contributed by atoms with Crippen molar-refractivity contribution >= 4 is 38.8 Å². The maximum Gasteiger partial charge on any atom is 0.376 e. The normalized spacial score (nSPS) is 10.9. The van der Waals surface area contributed by atoms with Gasteiger partial charge >= 0.3 is 5.97 Å². The summed E-state index contributed by atoms with van der Waals surface area (Å²) in [6.07, 6.45) is 0. The predicted octanol–water partition coefficient (Wildman–Crippen LogP) is 5.14. The number of esters is 1. The molecule has 0 aliphatic heterocycles. The smallest absolute Gasteiger partial charge is 0.376 e. The fourth-order valence-electron chi connectivity index (χ4n) is 3.01. The maximum atomic E-state index is 12.2. The van der Waals surface area contributed by atoms with Crippen molar-refractivity contribution in [1.82, 2.24) is 15.1 Å². The Bertz CT molecular complexity index is 1200. The topological polar surface area (TPSA) is 90.1 Å². The number of ether oxygens (including phenoxy) is 1. The lowest BCUT2D eigenvalue weighted by Crippen LogP contribution is -2.12. The summed E-state index contributed by atoms with van der Waals surface area (Å²) in [7, 11) is 0. The first-order valence-electron chi connectivity index (χ1n) is 9.45. The van der Waals surface area contributed by atoms with Crippen LogP contribution in [0.3, 0.4) is 0 Å². The number of aryl methyl sites for hydroxylation is 1. The molecule has 0 saturated carbocycles. The van der Waals surface area contributed by atoms with E-state index < -0.39 is 5.97 Å². The maximum absolute atomic E-state index is 12.2. The Morgan fingerprint density at radius 1 is 1.17 bits per heavy atom. The lowest BCUT2D eigenvalue weighted by Gasteiger charge is -2.09. The molecule has 2 heterocycles. The van der Waals surface area contributed by atoms with Crippen molar-refractivity contribution in [3.63, 3.8) is 0 Å². The molecule has 4 rings (SSSR count). The van der Waals surface area contributed by atoms with E-state index in [9.17, 15) is 4.79 Å². The number of nitrogens with zero attached hydrogens (tertiary/aromatic N) is 3. The van der Waals surface area contributed by atoms with Crippen LogP contribution in [0, 0.1) is 6.92 Å². The third-order valence-electron chi connectivity index (χ3n) is 4.47. The number of rotatable bonds is 6. The molecular formula is C22H19BrN4O3. The van der Waals surface area contributed by atoms with E-state index in [4.69, 9.17) is 9.26 Å². The minimum atomic E-state index is -0.613. The first-order chi connectivity index (χ1) is 14.5. The number of fused-ring (bicyclic) bond motifs is 1. The zero-order chi connectivity index (χ0) is 21.1. The summed E-state index contributed by atoms with van der Waals surface area (Å²) in [5.74, 6) is -0.231. The van der Waals surface area contributed by atoms with Crippen molar-refractivity contribution in [3.05, 3.63) is 70.0 Å². The van der Waals surface area contributed by atoms with E-state index >= 15 is 0 Å². The molecule has 0 amide bonds. The zero-order valence-corrected chi connectivity index (χ0v) is 18.1. The fraction of sp³-hybridized carbons (Fsp3) is 0.182. The van der Waals surface area contributed by atoms with Gasteiger partial charge in [0.15, 0.2) is 0 Å². The summed E-state index contributed by atoms with van der Waals surface area (Å²) in [6.45, 7) is 4.47. The highest BCUT2D eigenvalue weighted by Gasteiger charge is 2.22. The molecule has 4 aromatic rings. The minimum absolute atomic E-state index is 0.0762. The molecule has 1 N–H and O–H groups in total. The van der Waals surface area contributed by atoms with Gasteiger partial charge in [-0.1, -0.05) is 63.0 Å². The SMILES string of the molecule is CCOC(=O)c1nc(NCc2cccc(Br)c2)c2c(-c3ccc(C)cc3)noc2n1. The molecule has 0 atom stereocenters. The van der Waals surface area contributed by atoms with Crippen LogP contribution in [-0.4, -0.2) is 27.7 Å². The largest absolute Gasteiger partial charge is 0.460 e. The molecule has 2 aromatic carbocycles. The lowest BCUT2D eigenvalue weighted by atomic mass is 10.1. The molecule has 0 radical (unpaired) electrons. The van der Waals surface area contributed by atoms with Crippen LogP contribution in [0.25, 0.3) is 22.4 Å². The first kappa shape index (κ1) is 20.0. The molecule has 0 fully saturated rings. The van der Waals surface area contributed by atoms with Crippen LogP contribution in [-0.2, 0) is 11.3 Å². The minimum Gasteiger partial charge on any atom is -0.460 e. The van der Waals surface area contributed by atoms with Crippen LogP contribution in [0.4, 0.5) is 5.82 Å². The van der Waals surface area contributed by atoms with E-state index in [2.05, 4.69) is 36.4 Å². The highest BCUT2D eigenvalue weighted by atomic mass is 79.9. The van der Waals surface area contributed by atoms with Gasteiger partial charge in [0.1, 0.15) is 16.9 Å². The first-order valence-corrected chi connectivity index (χ1v) is 10.2. The van der Waals surface area contributed by atoms with Gasteiger partial charge < -0.3 is 14.6 Å². The number of hydrogen-bond acceptors (Lipinski definition) is 7. The fourth-order valence-corrected chi connectivity index (χ4v) is 3.46. The van der Waals surface area contributed by atoms with Crippen LogP contribution >= 0.6 is 15.9 Å². The van der Waals surface area contributed by atoms with Crippen LogP contribution in [0.15, 0.2) is 57.5 Å². The van der Waals surface area contributed by atoms with E-state index in [0.29, 0.717) is 23.4 Å². The van der Waals surface area contributed by atoms with Gasteiger partial charge in [0.05, 0.1) is 6.61 Å². The number of halogens is 1. The molecule has 152 valence electrons. The Morgan fingerprint density at radius 2 is 1.97 bits per heavy atom. The molecule has 0 aliphatic carbocycles. The number of aromatic nitrogens is 3. The van der Waals surface area contributed by atoms with E-state index in [1.54, 1.807) is 6.92 Å². The molecule has 0 spiro atoms. The van der Waals surface area contributed by atoms with Crippen molar-refractivity contribution in [3.8, 4) is 11.3 Å². The summed E-state index contributed by atoms with van der Waals surface area (Å²) < 4.78 is 11.5. The quantitative estimate of drug-likeness (QED) is 0.393. The van der Waals surface area contributed by atoms with Crippen molar-refractivity contribution < 1.29 is 14.1 Å². The van der Waals surface area contributed by atoms with E-state index in [-0.39, 0.29) is 18.1 Å². The summed E-state index contributed by atoms with van der Waals surface area (Å²) >= 11 is 3.48. The van der Waals surface area contributed by atoms with Crippen molar-refractivity contribution in [2.24, 2.45) is 0 Å². The number of benzene rings is 2. The number of nitrogens with one attached hydrogen (secondary N) is 1. The van der Waals surface area contributed by atoms with Crippen LogP contribution in [0.1, 0.15) is 28.7 Å². The van der Waals surface area contributed by atoms with Crippen molar-refractivity contribution in [1.29, 1.82) is 0 Å². The molecule has 0 unspecified atom stereocenters. The van der Waals surface area contributed by atoms with E-state index in [1.807, 2.05) is 55.5 Å². The summed E-state index contributed by atoms with van der Waals surface area (Å²) in [6, 6.07) is 15.8. The van der Waals surface area contributed by atoms with Gasteiger partial charge in [-0.15, -0.1) is 0 Å². The molecule has 30 heavy (non-hydrogen) atoms. The zero-order valence-electron chi connectivity index (χ0n) is 16.5. The van der Waals surface area contributed by atoms with Gasteiger partial charge in [0.2, 0.25) is 5.82 Å². The Balaban J connectivity index is 1.79. The Morgan fingerprint density at radius 3 is 2.70 bits per heavy atom. The predicted molar refractivity (Wildman–Crippen MR) is 117 cm³/mol. The second-order valence-corrected chi connectivity index (χ2v) is 7.59. The van der Waals surface area contributed by atoms with Crippen LogP contribution in [0.2, 0.25) is 0 Å². The van der Waals surface area contributed by atoms with E-state index in [1.165, 1.54) is 0 Å². The van der Waals surface area contributed by atoms with Crippen LogP contribution in [0.5, 0.6) is 0 Å². The Labute approximate surface area is 181 Å². The average Bonchev–Trinajstić information content (AvgIpc) is 3.17.